The average molecular weight is 367 g/mol. The van der Waals surface area contributed by atoms with E-state index in [4.69, 9.17) is 27.4 Å². The standard InChI is InChI=1S/C15H15BrN2O2S/c1-19-10-4-6-13(14(8-10)20-2)18-9-3-5-11(15(17)21)12(16)7-9/h3-8,18H,1-2H3,(H2,17,21). The van der Waals surface area contributed by atoms with Crippen LogP contribution < -0.4 is 20.5 Å². The number of benzene rings is 2. The minimum absolute atomic E-state index is 0.357. The number of ether oxygens (including phenoxy) is 2. The van der Waals surface area contributed by atoms with Gasteiger partial charge in [0.1, 0.15) is 16.5 Å². The van der Waals surface area contributed by atoms with Gasteiger partial charge in [0.05, 0.1) is 19.9 Å². The third-order valence-electron chi connectivity index (χ3n) is 2.92. The maximum Gasteiger partial charge on any atom is 0.145 e. The molecule has 4 nitrogen and oxygen atoms in total. The van der Waals surface area contributed by atoms with Crippen LogP contribution >= 0.6 is 28.1 Å². The van der Waals surface area contributed by atoms with Crippen LogP contribution in [0, 0.1) is 0 Å². The van der Waals surface area contributed by atoms with E-state index in [1.807, 2.05) is 36.4 Å². The molecule has 110 valence electrons. The summed E-state index contributed by atoms with van der Waals surface area (Å²) in [5.41, 5.74) is 8.18. The Morgan fingerprint density at radius 3 is 2.48 bits per heavy atom. The van der Waals surface area contributed by atoms with Crippen LogP contribution in [0.25, 0.3) is 0 Å². The molecule has 6 heteroatoms. The molecule has 0 fully saturated rings. The molecule has 0 spiro atoms. The lowest BCUT2D eigenvalue weighted by molar-refractivity contribution is 0.395. The number of nitrogens with one attached hydrogen (secondary N) is 1. The molecule has 0 aliphatic heterocycles. The first-order chi connectivity index (χ1) is 10.0. The molecule has 2 aromatic rings. The number of rotatable bonds is 5. The zero-order chi connectivity index (χ0) is 15.4. The van der Waals surface area contributed by atoms with Crippen LogP contribution in [0.1, 0.15) is 5.56 Å². The Bertz CT molecular complexity index is 677. The van der Waals surface area contributed by atoms with Crippen molar-refractivity contribution in [3.05, 3.63) is 46.4 Å². The Balaban J connectivity index is 2.30. The van der Waals surface area contributed by atoms with E-state index in [2.05, 4.69) is 21.2 Å². The molecule has 2 rings (SSSR count). The van der Waals surface area contributed by atoms with Gasteiger partial charge in [-0.15, -0.1) is 0 Å². The monoisotopic (exact) mass is 366 g/mol. The zero-order valence-electron chi connectivity index (χ0n) is 11.6. The van der Waals surface area contributed by atoms with E-state index >= 15 is 0 Å². The summed E-state index contributed by atoms with van der Waals surface area (Å²) in [5.74, 6) is 1.44. The van der Waals surface area contributed by atoms with Gasteiger partial charge in [0.15, 0.2) is 0 Å². The molecule has 0 saturated heterocycles. The molecule has 21 heavy (non-hydrogen) atoms. The van der Waals surface area contributed by atoms with Crippen molar-refractivity contribution in [2.45, 2.75) is 0 Å². The van der Waals surface area contributed by atoms with Gasteiger partial charge in [-0.05, 0) is 46.3 Å². The predicted molar refractivity (Wildman–Crippen MR) is 92.9 cm³/mol. The van der Waals surface area contributed by atoms with E-state index in [0.717, 1.165) is 27.2 Å². The molecule has 0 atom stereocenters. The predicted octanol–water partition coefficient (Wildman–Crippen LogP) is 3.84. The van der Waals surface area contributed by atoms with Gasteiger partial charge in [-0.1, -0.05) is 12.2 Å². The summed E-state index contributed by atoms with van der Waals surface area (Å²) < 4.78 is 11.4. The topological polar surface area (TPSA) is 56.5 Å². The van der Waals surface area contributed by atoms with E-state index in [-0.39, 0.29) is 0 Å². The zero-order valence-corrected chi connectivity index (χ0v) is 14.0. The number of methoxy groups -OCH3 is 2. The van der Waals surface area contributed by atoms with Crippen molar-refractivity contribution in [3.63, 3.8) is 0 Å². The number of hydrogen-bond donors (Lipinski definition) is 2. The quantitative estimate of drug-likeness (QED) is 0.787. The van der Waals surface area contributed by atoms with Crippen molar-refractivity contribution in [2.24, 2.45) is 5.73 Å². The molecule has 0 aromatic heterocycles. The first-order valence-electron chi connectivity index (χ1n) is 6.13. The van der Waals surface area contributed by atoms with Gasteiger partial charge in [-0.2, -0.15) is 0 Å². The van der Waals surface area contributed by atoms with Crippen LogP contribution in [0.15, 0.2) is 40.9 Å². The molecule has 0 radical (unpaired) electrons. The highest BCUT2D eigenvalue weighted by Crippen LogP contribution is 2.32. The summed E-state index contributed by atoms with van der Waals surface area (Å²) in [6.07, 6.45) is 0. The van der Waals surface area contributed by atoms with Crippen molar-refractivity contribution in [1.82, 2.24) is 0 Å². The van der Waals surface area contributed by atoms with Crippen molar-refractivity contribution in [3.8, 4) is 11.5 Å². The molecule has 0 bridgehead atoms. The van der Waals surface area contributed by atoms with Crippen LogP contribution in [0.4, 0.5) is 11.4 Å². The van der Waals surface area contributed by atoms with E-state index in [9.17, 15) is 0 Å². The largest absolute Gasteiger partial charge is 0.497 e. The summed E-state index contributed by atoms with van der Waals surface area (Å²) in [4.78, 5) is 0.357. The van der Waals surface area contributed by atoms with E-state index in [0.29, 0.717) is 10.7 Å². The normalized spacial score (nSPS) is 10.0. The lowest BCUT2D eigenvalue weighted by Gasteiger charge is -2.13. The van der Waals surface area contributed by atoms with Gasteiger partial charge in [-0.25, -0.2) is 0 Å². The minimum Gasteiger partial charge on any atom is -0.497 e. The summed E-state index contributed by atoms with van der Waals surface area (Å²) in [6, 6.07) is 11.3. The third-order valence-corrected chi connectivity index (χ3v) is 3.80. The summed E-state index contributed by atoms with van der Waals surface area (Å²) in [6.45, 7) is 0. The Morgan fingerprint density at radius 2 is 1.90 bits per heavy atom. The second-order valence-corrected chi connectivity index (χ2v) is 5.54. The fraction of sp³-hybridized carbons (Fsp3) is 0.133. The Kier molecular flexibility index (Phi) is 5.03. The molecule has 0 aliphatic carbocycles. The molecule has 3 N–H and O–H groups in total. The third kappa shape index (κ3) is 3.65. The lowest BCUT2D eigenvalue weighted by atomic mass is 10.2. The second-order valence-electron chi connectivity index (χ2n) is 4.25. The van der Waals surface area contributed by atoms with Crippen LogP contribution in [0.3, 0.4) is 0 Å². The number of hydrogen-bond acceptors (Lipinski definition) is 4. The van der Waals surface area contributed by atoms with Crippen LogP contribution in [0.5, 0.6) is 11.5 Å². The molecular formula is C15H15BrN2O2S. The van der Waals surface area contributed by atoms with Crippen molar-refractivity contribution < 1.29 is 9.47 Å². The van der Waals surface area contributed by atoms with Gasteiger partial charge in [0, 0.05) is 21.8 Å². The summed E-state index contributed by atoms with van der Waals surface area (Å²) in [7, 11) is 3.24. The Labute approximate surface area is 137 Å². The summed E-state index contributed by atoms with van der Waals surface area (Å²) in [5, 5.41) is 3.29. The fourth-order valence-corrected chi connectivity index (χ4v) is 2.75. The smallest absolute Gasteiger partial charge is 0.145 e. The maximum absolute atomic E-state index is 5.64. The first-order valence-corrected chi connectivity index (χ1v) is 7.33. The van der Waals surface area contributed by atoms with Crippen LogP contribution in [0.2, 0.25) is 0 Å². The van der Waals surface area contributed by atoms with Crippen molar-refractivity contribution in [1.29, 1.82) is 0 Å². The molecule has 0 unspecified atom stereocenters. The van der Waals surface area contributed by atoms with Gasteiger partial charge in [0.25, 0.3) is 0 Å². The van der Waals surface area contributed by atoms with E-state index < -0.39 is 0 Å². The molecule has 0 heterocycles. The molecular weight excluding hydrogens is 352 g/mol. The molecule has 0 aliphatic rings. The Hall–Kier alpha value is -1.79. The highest BCUT2D eigenvalue weighted by molar-refractivity contribution is 9.10. The first kappa shape index (κ1) is 15.6. The number of anilines is 2. The SMILES string of the molecule is COc1ccc(Nc2ccc(C(N)=S)c(Br)c2)c(OC)c1. The average Bonchev–Trinajstić information content (AvgIpc) is 2.47. The molecule has 0 saturated carbocycles. The van der Waals surface area contributed by atoms with E-state index in [1.165, 1.54) is 0 Å². The van der Waals surface area contributed by atoms with Gasteiger partial charge < -0.3 is 20.5 Å². The number of nitrogens with two attached hydrogens (primary N) is 1. The maximum atomic E-state index is 5.64. The van der Waals surface area contributed by atoms with E-state index in [1.54, 1.807) is 14.2 Å². The van der Waals surface area contributed by atoms with Gasteiger partial charge >= 0.3 is 0 Å². The minimum atomic E-state index is 0.357. The molecule has 2 aromatic carbocycles. The van der Waals surface area contributed by atoms with Crippen molar-refractivity contribution in [2.75, 3.05) is 19.5 Å². The van der Waals surface area contributed by atoms with Crippen LogP contribution in [-0.4, -0.2) is 19.2 Å². The Morgan fingerprint density at radius 1 is 1.14 bits per heavy atom. The van der Waals surface area contributed by atoms with Gasteiger partial charge in [0.2, 0.25) is 0 Å². The van der Waals surface area contributed by atoms with Gasteiger partial charge in [-0.3, -0.25) is 0 Å². The lowest BCUT2D eigenvalue weighted by Crippen LogP contribution is -2.10. The fourth-order valence-electron chi connectivity index (χ4n) is 1.85. The van der Waals surface area contributed by atoms with Crippen LogP contribution in [-0.2, 0) is 0 Å². The molecule has 0 amide bonds. The summed E-state index contributed by atoms with van der Waals surface area (Å²) >= 11 is 8.44. The highest BCUT2D eigenvalue weighted by atomic mass is 79.9. The second kappa shape index (κ2) is 6.78. The number of thiocarbonyl (C=S) groups is 1. The number of halogens is 1. The highest BCUT2D eigenvalue weighted by Gasteiger charge is 2.08. The van der Waals surface area contributed by atoms with Crippen molar-refractivity contribution >= 4 is 44.5 Å².